The maximum Gasteiger partial charge on any atom is 0.173 e. The monoisotopic (exact) mass is 190 g/mol. The van der Waals surface area contributed by atoms with E-state index in [9.17, 15) is 0 Å². The van der Waals surface area contributed by atoms with Crippen molar-refractivity contribution in [2.24, 2.45) is 0 Å². The third-order valence-corrected chi connectivity index (χ3v) is 2.89. The molecule has 0 atom stereocenters. The van der Waals surface area contributed by atoms with Crippen LogP contribution in [0.2, 0.25) is 13.1 Å². The molecule has 11 heavy (non-hydrogen) atoms. The van der Waals surface area contributed by atoms with Gasteiger partial charge in [0.25, 0.3) is 0 Å². The number of hydrogen-bond acceptors (Lipinski definition) is 0. The van der Waals surface area contributed by atoms with Gasteiger partial charge in [0.2, 0.25) is 0 Å². The van der Waals surface area contributed by atoms with Gasteiger partial charge in [-0.15, -0.1) is 0 Å². The first kappa shape index (κ1) is 11.2. The van der Waals surface area contributed by atoms with Crippen molar-refractivity contribution >= 4 is 18.5 Å². The second-order valence-corrected chi connectivity index (χ2v) is 9.85. The molecule has 66 valence electrons. The van der Waals surface area contributed by atoms with Gasteiger partial charge in [0.15, 0.2) is 7.38 Å². The lowest BCUT2D eigenvalue weighted by atomic mass is 10.2. The molecule has 0 aliphatic carbocycles. The van der Waals surface area contributed by atoms with Gasteiger partial charge in [-0.2, -0.15) is 11.1 Å². The van der Waals surface area contributed by atoms with Gasteiger partial charge in [-0.25, -0.2) is 0 Å². The first-order valence-corrected chi connectivity index (χ1v) is 8.52. The van der Waals surface area contributed by atoms with Crippen molar-refractivity contribution < 1.29 is 0 Å². The lowest BCUT2D eigenvalue weighted by Gasteiger charge is -2.04. The third kappa shape index (κ3) is 10.2. The fourth-order valence-corrected chi connectivity index (χ4v) is 1.87. The van der Waals surface area contributed by atoms with E-state index in [-0.39, 0.29) is 0 Å². The fourth-order valence-electron chi connectivity index (χ4n) is 0.876. The van der Waals surface area contributed by atoms with Crippen molar-refractivity contribution in [1.82, 2.24) is 0 Å². The highest BCUT2D eigenvalue weighted by Gasteiger charge is 2.10. The van der Waals surface area contributed by atoms with Crippen LogP contribution in [0.3, 0.4) is 0 Å². The summed E-state index contributed by atoms with van der Waals surface area (Å²) in [6.45, 7) is 6.51. The molecular weight excluding hydrogens is 172 g/mol. The van der Waals surface area contributed by atoms with E-state index < -0.39 is 7.38 Å². The first-order valence-electron chi connectivity index (χ1n) is 4.43. The Morgan fingerprint density at radius 1 is 1.27 bits per heavy atom. The number of halogens is 1. The number of hydrogen-bond donors (Lipinski definition) is 0. The lowest BCUT2D eigenvalue weighted by Crippen LogP contribution is -2.11. The molecule has 0 aliphatic heterocycles. The van der Waals surface area contributed by atoms with E-state index in [1.165, 1.54) is 25.7 Å². The van der Waals surface area contributed by atoms with Crippen molar-refractivity contribution in [2.45, 2.75) is 45.7 Å². The van der Waals surface area contributed by atoms with Crippen LogP contribution in [-0.4, -0.2) is 7.38 Å². The molecule has 0 unspecified atom stereocenters. The van der Waals surface area contributed by atoms with Crippen molar-refractivity contribution in [3.63, 3.8) is 0 Å². The average molecular weight is 191 g/mol. The molecule has 0 spiro atoms. The maximum atomic E-state index is 6.10. The van der Waals surface area contributed by atoms with Crippen LogP contribution in [0.4, 0.5) is 0 Å². The predicted octanol–water partition coefficient (Wildman–Crippen LogP) is 4.11. The lowest BCUT2D eigenvalue weighted by molar-refractivity contribution is 0.729. The van der Waals surface area contributed by atoms with E-state index in [2.05, 4.69) is 31.8 Å². The van der Waals surface area contributed by atoms with Gasteiger partial charge in [0.05, 0.1) is 0 Å². The highest BCUT2D eigenvalue weighted by molar-refractivity contribution is 7.21. The SMILES string of the molecule is CCCCCC=C[Si](C)(C)Cl. The van der Waals surface area contributed by atoms with Crippen LogP contribution in [0.1, 0.15) is 32.6 Å². The molecule has 0 bridgehead atoms. The standard InChI is InChI=1S/C9H19ClSi/c1-4-5-6-7-8-9-11(2,3)10/h8-9H,4-7H2,1-3H3. The molecule has 2 heteroatoms. The van der Waals surface area contributed by atoms with Crippen LogP contribution >= 0.6 is 11.1 Å². The zero-order chi connectivity index (χ0) is 8.74. The molecule has 0 aromatic rings. The van der Waals surface area contributed by atoms with Crippen LogP contribution in [0.5, 0.6) is 0 Å². The van der Waals surface area contributed by atoms with Gasteiger partial charge in [-0.1, -0.05) is 44.6 Å². The molecule has 0 fully saturated rings. The Labute approximate surface area is 76.4 Å². The molecule has 0 amide bonds. The first-order chi connectivity index (χ1) is 5.06. The molecule has 0 aromatic heterocycles. The summed E-state index contributed by atoms with van der Waals surface area (Å²) >= 11 is 6.10. The van der Waals surface area contributed by atoms with Crippen LogP contribution in [0, 0.1) is 0 Å². The number of rotatable bonds is 5. The van der Waals surface area contributed by atoms with E-state index in [1.807, 2.05) is 0 Å². The van der Waals surface area contributed by atoms with Gasteiger partial charge in [0.1, 0.15) is 0 Å². The van der Waals surface area contributed by atoms with E-state index in [0.717, 1.165) is 0 Å². The summed E-state index contributed by atoms with van der Waals surface area (Å²) in [4.78, 5) is 0. The number of allylic oxidation sites excluding steroid dienone is 1. The van der Waals surface area contributed by atoms with E-state index in [4.69, 9.17) is 11.1 Å². The summed E-state index contributed by atoms with van der Waals surface area (Å²) in [6.07, 6.45) is 7.41. The van der Waals surface area contributed by atoms with Crippen LogP contribution in [0.15, 0.2) is 11.8 Å². The zero-order valence-electron chi connectivity index (χ0n) is 7.86. The minimum absolute atomic E-state index is 1.21. The van der Waals surface area contributed by atoms with Crippen LogP contribution in [0.25, 0.3) is 0 Å². The molecule has 0 N–H and O–H groups in total. The van der Waals surface area contributed by atoms with Gasteiger partial charge in [0, 0.05) is 0 Å². The molecule has 0 rings (SSSR count). The summed E-state index contributed by atoms with van der Waals surface area (Å²) in [7, 11) is -1.43. The average Bonchev–Trinajstić information content (AvgIpc) is 1.85. The molecule has 0 aliphatic rings. The van der Waals surface area contributed by atoms with Gasteiger partial charge in [-0.05, 0) is 12.8 Å². The van der Waals surface area contributed by atoms with Crippen molar-refractivity contribution in [1.29, 1.82) is 0 Å². The summed E-state index contributed by atoms with van der Waals surface area (Å²) in [5.41, 5.74) is 2.21. The second-order valence-electron chi connectivity index (χ2n) is 3.46. The normalized spacial score (nSPS) is 12.7. The quantitative estimate of drug-likeness (QED) is 0.348. The summed E-state index contributed by atoms with van der Waals surface area (Å²) < 4.78 is 0. The minimum atomic E-state index is -1.43. The summed E-state index contributed by atoms with van der Waals surface area (Å²) in [5, 5.41) is 0. The summed E-state index contributed by atoms with van der Waals surface area (Å²) in [6, 6.07) is 0. The Morgan fingerprint density at radius 2 is 1.91 bits per heavy atom. The van der Waals surface area contributed by atoms with Crippen molar-refractivity contribution in [3.8, 4) is 0 Å². The molecule has 0 aromatic carbocycles. The topological polar surface area (TPSA) is 0 Å². The Balaban J connectivity index is 3.30. The predicted molar refractivity (Wildman–Crippen MR) is 56.6 cm³/mol. The molecule has 0 saturated heterocycles. The highest BCUT2D eigenvalue weighted by atomic mass is 35.6. The zero-order valence-corrected chi connectivity index (χ0v) is 9.62. The second kappa shape index (κ2) is 5.84. The molecule has 0 heterocycles. The molecular formula is C9H19ClSi. The Kier molecular flexibility index (Phi) is 5.97. The van der Waals surface area contributed by atoms with E-state index >= 15 is 0 Å². The smallest absolute Gasteiger partial charge is 0.162 e. The van der Waals surface area contributed by atoms with Crippen LogP contribution < -0.4 is 0 Å². The van der Waals surface area contributed by atoms with Gasteiger partial charge < -0.3 is 0 Å². The Hall–Kier alpha value is 0.247. The maximum absolute atomic E-state index is 6.10. The van der Waals surface area contributed by atoms with Gasteiger partial charge in [-0.3, -0.25) is 0 Å². The van der Waals surface area contributed by atoms with Gasteiger partial charge >= 0.3 is 0 Å². The van der Waals surface area contributed by atoms with Crippen molar-refractivity contribution in [3.05, 3.63) is 11.8 Å². The minimum Gasteiger partial charge on any atom is -0.162 e. The number of unbranched alkanes of at least 4 members (excludes halogenated alkanes) is 3. The van der Waals surface area contributed by atoms with E-state index in [0.29, 0.717) is 0 Å². The van der Waals surface area contributed by atoms with E-state index in [1.54, 1.807) is 0 Å². The molecule has 0 nitrogen and oxygen atoms in total. The molecule has 0 saturated carbocycles. The fraction of sp³-hybridized carbons (Fsp3) is 0.778. The Bertz CT molecular complexity index is 113. The van der Waals surface area contributed by atoms with Crippen LogP contribution in [-0.2, 0) is 0 Å². The third-order valence-electron chi connectivity index (χ3n) is 1.49. The largest absolute Gasteiger partial charge is 0.173 e. The van der Waals surface area contributed by atoms with Crippen molar-refractivity contribution in [2.75, 3.05) is 0 Å². The Morgan fingerprint density at radius 3 is 2.36 bits per heavy atom. The molecule has 0 radical (unpaired) electrons. The highest BCUT2D eigenvalue weighted by Crippen LogP contribution is 2.10. The summed E-state index contributed by atoms with van der Waals surface area (Å²) in [5.74, 6) is 0.